The van der Waals surface area contributed by atoms with Gasteiger partial charge in [0.05, 0.1) is 24.3 Å². The normalized spacial score (nSPS) is 27.3. The first-order valence-electron chi connectivity index (χ1n) is 10.6. The first-order valence-corrected chi connectivity index (χ1v) is 10.6. The maximum atomic E-state index is 13.4. The van der Waals surface area contributed by atoms with Gasteiger partial charge in [-0.3, -0.25) is 19.3 Å². The Morgan fingerprint density at radius 1 is 1.03 bits per heavy atom. The molecule has 1 saturated carbocycles. The lowest BCUT2D eigenvalue weighted by atomic mass is 9.63. The monoisotopic (exact) mass is 417 g/mol. The van der Waals surface area contributed by atoms with Crippen LogP contribution in [0, 0.1) is 23.7 Å². The number of aromatic nitrogens is 1. The van der Waals surface area contributed by atoms with E-state index in [-0.39, 0.29) is 53.5 Å². The number of anilines is 1. The van der Waals surface area contributed by atoms with Crippen LogP contribution in [-0.4, -0.2) is 32.7 Å². The molecule has 3 amide bonds. The minimum atomic E-state index is -0.711. The van der Waals surface area contributed by atoms with Gasteiger partial charge in [0, 0.05) is 6.20 Å². The van der Waals surface area contributed by atoms with Gasteiger partial charge in [0.1, 0.15) is 0 Å². The van der Waals surface area contributed by atoms with Gasteiger partial charge in [-0.2, -0.15) is 0 Å². The third kappa shape index (κ3) is 3.30. The summed E-state index contributed by atoms with van der Waals surface area (Å²) in [6.07, 6.45) is 7.36. The molecule has 5 unspecified atom stereocenters. The molecular formula is C24H23N3O4. The SMILES string of the molecule is O=C(CC(c1ccccc1)N1C(=O)C2C3C=CC(CC3)C2C1=O)Nc1ncccc1O. The molecule has 2 aromatic rings. The molecule has 2 heterocycles. The van der Waals surface area contributed by atoms with E-state index < -0.39 is 11.9 Å². The highest BCUT2D eigenvalue weighted by Crippen LogP contribution is 2.51. The van der Waals surface area contributed by atoms with E-state index in [1.165, 1.54) is 17.2 Å². The minimum absolute atomic E-state index is 0.0503. The highest BCUT2D eigenvalue weighted by atomic mass is 16.3. The van der Waals surface area contributed by atoms with Gasteiger partial charge in [-0.1, -0.05) is 42.5 Å². The van der Waals surface area contributed by atoms with E-state index in [0.29, 0.717) is 0 Å². The number of likely N-dealkylation sites (tertiary alicyclic amines) is 1. The number of nitrogens with zero attached hydrogens (tertiary/aromatic N) is 2. The van der Waals surface area contributed by atoms with Crippen LogP contribution in [0.15, 0.2) is 60.8 Å². The Hall–Kier alpha value is -3.48. The van der Waals surface area contributed by atoms with Crippen LogP contribution in [0.3, 0.4) is 0 Å². The van der Waals surface area contributed by atoms with Gasteiger partial charge in [0.2, 0.25) is 17.7 Å². The van der Waals surface area contributed by atoms with Crippen molar-refractivity contribution in [1.82, 2.24) is 9.88 Å². The number of nitrogens with one attached hydrogen (secondary N) is 1. The average Bonchev–Trinajstić information content (AvgIpc) is 3.07. The van der Waals surface area contributed by atoms with Gasteiger partial charge in [0.25, 0.3) is 0 Å². The summed E-state index contributed by atoms with van der Waals surface area (Å²) in [5.74, 6) is -1.37. The number of fused-ring (bicyclic) bond motifs is 1. The summed E-state index contributed by atoms with van der Waals surface area (Å²) in [6, 6.07) is 11.4. The van der Waals surface area contributed by atoms with Crippen molar-refractivity contribution < 1.29 is 19.5 Å². The van der Waals surface area contributed by atoms with Gasteiger partial charge < -0.3 is 10.4 Å². The molecule has 2 fully saturated rings. The molecule has 4 aliphatic rings. The van der Waals surface area contributed by atoms with Crippen molar-refractivity contribution >= 4 is 23.5 Å². The molecule has 31 heavy (non-hydrogen) atoms. The third-order valence-corrected chi connectivity index (χ3v) is 6.71. The van der Waals surface area contributed by atoms with E-state index in [2.05, 4.69) is 22.5 Å². The predicted octanol–water partition coefficient (Wildman–Crippen LogP) is 3.05. The number of carbonyl (C=O) groups excluding carboxylic acids is 3. The van der Waals surface area contributed by atoms with Gasteiger partial charge in [-0.15, -0.1) is 0 Å². The van der Waals surface area contributed by atoms with E-state index in [0.717, 1.165) is 18.4 Å². The van der Waals surface area contributed by atoms with Crippen molar-refractivity contribution in [2.75, 3.05) is 5.32 Å². The number of aromatic hydroxyl groups is 1. The van der Waals surface area contributed by atoms with Gasteiger partial charge in [-0.05, 0) is 42.4 Å². The molecule has 1 aliphatic heterocycles. The molecule has 1 saturated heterocycles. The lowest BCUT2D eigenvalue weighted by Crippen LogP contribution is -2.38. The van der Waals surface area contributed by atoms with E-state index >= 15 is 0 Å². The number of carbonyl (C=O) groups is 3. The van der Waals surface area contributed by atoms with E-state index in [4.69, 9.17) is 0 Å². The Morgan fingerprint density at radius 2 is 1.68 bits per heavy atom. The fourth-order valence-corrected chi connectivity index (χ4v) is 5.29. The topological polar surface area (TPSA) is 99.6 Å². The Kier molecular flexibility index (Phi) is 4.81. The fraction of sp³-hybridized carbons (Fsp3) is 0.333. The second-order valence-electron chi connectivity index (χ2n) is 8.44. The molecule has 7 nitrogen and oxygen atoms in total. The molecule has 2 bridgehead atoms. The van der Waals surface area contributed by atoms with Gasteiger partial charge in [0.15, 0.2) is 11.6 Å². The van der Waals surface area contributed by atoms with Crippen LogP contribution in [0.25, 0.3) is 0 Å². The Labute approximate surface area is 179 Å². The smallest absolute Gasteiger partial charge is 0.234 e. The highest BCUT2D eigenvalue weighted by molar-refractivity contribution is 6.07. The number of benzene rings is 1. The van der Waals surface area contributed by atoms with Crippen LogP contribution in [0.5, 0.6) is 5.75 Å². The first kappa shape index (κ1) is 19.5. The summed E-state index contributed by atoms with van der Waals surface area (Å²) >= 11 is 0. The van der Waals surface area contributed by atoms with Crippen LogP contribution in [0.1, 0.15) is 30.9 Å². The average molecular weight is 417 g/mol. The zero-order chi connectivity index (χ0) is 21.5. The molecule has 0 spiro atoms. The highest BCUT2D eigenvalue weighted by Gasteiger charge is 2.58. The second kappa shape index (κ2) is 7.65. The molecule has 1 aromatic heterocycles. The summed E-state index contributed by atoms with van der Waals surface area (Å²) in [6.45, 7) is 0. The third-order valence-electron chi connectivity index (χ3n) is 6.71. The Bertz CT molecular complexity index is 1040. The zero-order valence-corrected chi connectivity index (χ0v) is 16.8. The van der Waals surface area contributed by atoms with Crippen molar-refractivity contribution in [3.63, 3.8) is 0 Å². The fourth-order valence-electron chi connectivity index (χ4n) is 5.29. The molecule has 2 N–H and O–H groups in total. The standard InChI is InChI=1S/C24H23N3O4/c28-18-7-4-12-25-22(18)26-19(29)13-17(14-5-2-1-3-6-14)27-23(30)20-15-8-9-16(11-10-15)21(20)24(27)31/h1-9,12,15-17,20-21,28H,10-11,13H2,(H,25,26,29). The number of pyridine rings is 1. The first-order chi connectivity index (χ1) is 15.0. The van der Waals surface area contributed by atoms with E-state index in [1.807, 2.05) is 30.3 Å². The number of rotatable bonds is 5. The second-order valence-corrected chi connectivity index (χ2v) is 8.44. The Morgan fingerprint density at radius 3 is 2.26 bits per heavy atom. The number of hydrogen-bond acceptors (Lipinski definition) is 5. The molecule has 0 radical (unpaired) electrons. The maximum absolute atomic E-state index is 13.4. The van der Waals surface area contributed by atoms with Crippen LogP contribution in [0.4, 0.5) is 5.82 Å². The van der Waals surface area contributed by atoms with Crippen molar-refractivity contribution in [2.45, 2.75) is 25.3 Å². The van der Waals surface area contributed by atoms with Crippen molar-refractivity contribution in [1.29, 1.82) is 0 Å². The summed E-state index contributed by atoms with van der Waals surface area (Å²) in [4.78, 5) is 45.0. The summed E-state index contributed by atoms with van der Waals surface area (Å²) in [5.41, 5.74) is 0.726. The van der Waals surface area contributed by atoms with Crippen LogP contribution in [-0.2, 0) is 14.4 Å². The van der Waals surface area contributed by atoms with Crippen LogP contribution in [0.2, 0.25) is 0 Å². The number of hydrogen-bond donors (Lipinski definition) is 2. The minimum Gasteiger partial charge on any atom is -0.504 e. The quantitative estimate of drug-likeness (QED) is 0.575. The van der Waals surface area contributed by atoms with Crippen LogP contribution >= 0.6 is 0 Å². The zero-order valence-electron chi connectivity index (χ0n) is 16.8. The Balaban J connectivity index is 1.45. The molecule has 3 aliphatic carbocycles. The molecule has 5 atom stereocenters. The number of allylic oxidation sites excluding steroid dienone is 2. The lowest BCUT2D eigenvalue weighted by molar-refractivity contribution is -0.143. The molecule has 158 valence electrons. The molecular weight excluding hydrogens is 394 g/mol. The predicted molar refractivity (Wildman–Crippen MR) is 113 cm³/mol. The van der Waals surface area contributed by atoms with E-state index in [1.54, 1.807) is 6.07 Å². The maximum Gasteiger partial charge on any atom is 0.234 e. The molecule has 7 heteroatoms. The van der Waals surface area contributed by atoms with Crippen molar-refractivity contribution in [2.24, 2.45) is 23.7 Å². The number of imide groups is 1. The summed E-state index contributed by atoms with van der Waals surface area (Å²) in [5, 5.41) is 12.5. The van der Waals surface area contributed by atoms with Crippen molar-refractivity contribution in [3.8, 4) is 5.75 Å². The molecule has 1 aromatic carbocycles. The molecule has 6 rings (SSSR count). The van der Waals surface area contributed by atoms with Gasteiger partial charge >= 0.3 is 0 Å². The number of amides is 3. The summed E-state index contributed by atoms with van der Waals surface area (Å²) < 4.78 is 0. The summed E-state index contributed by atoms with van der Waals surface area (Å²) in [7, 11) is 0. The van der Waals surface area contributed by atoms with Gasteiger partial charge in [-0.25, -0.2) is 4.98 Å². The van der Waals surface area contributed by atoms with E-state index in [9.17, 15) is 19.5 Å². The van der Waals surface area contributed by atoms with Crippen LogP contribution < -0.4 is 5.32 Å². The van der Waals surface area contributed by atoms with Crippen molar-refractivity contribution in [3.05, 3.63) is 66.4 Å². The largest absolute Gasteiger partial charge is 0.504 e. The lowest BCUT2D eigenvalue weighted by Gasteiger charge is -2.38.